The van der Waals surface area contributed by atoms with Crippen molar-refractivity contribution in [3.8, 4) is 0 Å². The number of aromatic carboxylic acids is 1. The molecule has 0 unspecified atom stereocenters. The van der Waals surface area contributed by atoms with E-state index in [1.54, 1.807) is 23.9 Å². The van der Waals surface area contributed by atoms with Crippen molar-refractivity contribution in [3.63, 3.8) is 0 Å². The molecule has 84 valence electrons. The van der Waals surface area contributed by atoms with E-state index >= 15 is 0 Å². The molecule has 0 saturated heterocycles. The molecule has 0 radical (unpaired) electrons. The molecule has 16 heavy (non-hydrogen) atoms. The number of carboxylic acids is 1. The number of hydrogen-bond donors (Lipinski definition) is 1. The van der Waals surface area contributed by atoms with Crippen LogP contribution < -0.4 is 0 Å². The number of thioether (sulfide) groups is 1. The summed E-state index contributed by atoms with van der Waals surface area (Å²) in [6.07, 6.45) is 2.04. The van der Waals surface area contributed by atoms with Crippen LogP contribution in [0.5, 0.6) is 0 Å². The van der Waals surface area contributed by atoms with Gasteiger partial charge in [-0.05, 0) is 24.5 Å². The van der Waals surface area contributed by atoms with Crippen molar-refractivity contribution in [2.45, 2.75) is 5.75 Å². The van der Waals surface area contributed by atoms with Gasteiger partial charge in [-0.3, -0.25) is 0 Å². The van der Waals surface area contributed by atoms with Crippen LogP contribution in [0.25, 0.3) is 10.9 Å². The normalized spacial score (nSPS) is 10.9. The second-order valence-corrected chi connectivity index (χ2v) is 4.54. The Morgan fingerprint density at radius 2 is 2.25 bits per heavy atom. The molecule has 0 saturated carbocycles. The van der Waals surface area contributed by atoms with E-state index in [1.807, 2.05) is 25.4 Å². The molecule has 0 spiro atoms. The van der Waals surface area contributed by atoms with Gasteiger partial charge in [0.1, 0.15) is 0 Å². The fraction of sp³-hybridized carbons (Fsp3) is 0.250. The third kappa shape index (κ3) is 1.69. The average Bonchev–Trinajstić information content (AvgIpc) is 2.57. The molecule has 2 aromatic rings. The van der Waals surface area contributed by atoms with Crippen LogP contribution in [0.1, 0.15) is 16.1 Å². The van der Waals surface area contributed by atoms with Gasteiger partial charge in [-0.2, -0.15) is 11.8 Å². The lowest BCUT2D eigenvalue weighted by Gasteiger charge is -2.02. The van der Waals surface area contributed by atoms with E-state index in [-0.39, 0.29) is 0 Å². The number of hydrogen-bond acceptors (Lipinski definition) is 2. The van der Waals surface area contributed by atoms with Gasteiger partial charge in [0.05, 0.1) is 5.56 Å². The third-order valence-electron chi connectivity index (χ3n) is 2.71. The summed E-state index contributed by atoms with van der Waals surface area (Å²) in [7, 11) is 1.97. The fourth-order valence-electron chi connectivity index (χ4n) is 1.89. The first kappa shape index (κ1) is 11.1. The first-order valence-corrected chi connectivity index (χ1v) is 6.34. The van der Waals surface area contributed by atoms with Crippen LogP contribution >= 0.6 is 11.8 Å². The molecular formula is C12H13NO2S. The summed E-state index contributed by atoms with van der Waals surface area (Å²) < 4.78 is 2.05. The SMILES string of the molecule is CSCc1cc2c(C(=O)O)cccc2n1C. The molecule has 1 heterocycles. The summed E-state index contributed by atoms with van der Waals surface area (Å²) >= 11 is 1.73. The van der Waals surface area contributed by atoms with Crippen LogP contribution in [0.15, 0.2) is 24.3 Å². The number of aromatic nitrogens is 1. The van der Waals surface area contributed by atoms with Gasteiger partial charge in [-0.25, -0.2) is 4.79 Å². The van der Waals surface area contributed by atoms with Crippen molar-refractivity contribution in [3.05, 3.63) is 35.5 Å². The highest BCUT2D eigenvalue weighted by atomic mass is 32.2. The molecule has 1 N–H and O–H groups in total. The number of aryl methyl sites for hydroxylation is 1. The Morgan fingerprint density at radius 3 is 2.88 bits per heavy atom. The predicted octanol–water partition coefficient (Wildman–Crippen LogP) is 2.74. The highest BCUT2D eigenvalue weighted by molar-refractivity contribution is 7.97. The van der Waals surface area contributed by atoms with E-state index < -0.39 is 5.97 Å². The highest BCUT2D eigenvalue weighted by Gasteiger charge is 2.12. The van der Waals surface area contributed by atoms with Gasteiger partial charge in [0.2, 0.25) is 0 Å². The van der Waals surface area contributed by atoms with Crippen molar-refractivity contribution in [2.75, 3.05) is 6.26 Å². The van der Waals surface area contributed by atoms with Crippen LogP contribution in [0.4, 0.5) is 0 Å². The zero-order valence-electron chi connectivity index (χ0n) is 9.23. The van der Waals surface area contributed by atoms with E-state index in [1.165, 1.54) is 0 Å². The lowest BCUT2D eigenvalue weighted by Crippen LogP contribution is -1.97. The van der Waals surface area contributed by atoms with Crippen LogP contribution in [-0.2, 0) is 12.8 Å². The first-order chi connectivity index (χ1) is 7.65. The van der Waals surface area contributed by atoms with Gasteiger partial charge in [-0.15, -0.1) is 0 Å². The smallest absolute Gasteiger partial charge is 0.336 e. The molecular weight excluding hydrogens is 222 g/mol. The van der Waals surface area contributed by atoms with Crippen LogP contribution in [0.2, 0.25) is 0 Å². The maximum absolute atomic E-state index is 11.1. The third-order valence-corrected chi connectivity index (χ3v) is 3.29. The Hall–Kier alpha value is -1.42. The van der Waals surface area contributed by atoms with E-state index in [9.17, 15) is 4.79 Å². The number of nitrogens with zero attached hydrogens (tertiary/aromatic N) is 1. The summed E-state index contributed by atoms with van der Waals surface area (Å²) in [5.74, 6) is 0.0245. The number of benzene rings is 1. The van der Waals surface area contributed by atoms with Crippen LogP contribution in [0, 0.1) is 0 Å². The van der Waals surface area contributed by atoms with Crippen molar-refractivity contribution < 1.29 is 9.90 Å². The monoisotopic (exact) mass is 235 g/mol. The first-order valence-electron chi connectivity index (χ1n) is 4.94. The fourth-order valence-corrected chi connectivity index (χ4v) is 2.46. The zero-order valence-corrected chi connectivity index (χ0v) is 10.0. The summed E-state index contributed by atoms with van der Waals surface area (Å²) in [6, 6.07) is 7.35. The standard InChI is InChI=1S/C12H13NO2S/c1-13-8(7-16-2)6-10-9(12(14)15)4-3-5-11(10)13/h3-6H,7H2,1-2H3,(H,14,15). The number of rotatable bonds is 3. The maximum atomic E-state index is 11.1. The largest absolute Gasteiger partial charge is 0.478 e. The molecule has 1 aromatic carbocycles. The molecule has 0 aliphatic rings. The quantitative estimate of drug-likeness (QED) is 0.889. The van der Waals surface area contributed by atoms with E-state index in [4.69, 9.17) is 5.11 Å². The Kier molecular flexibility index (Phi) is 2.92. The van der Waals surface area contributed by atoms with Gasteiger partial charge in [0.25, 0.3) is 0 Å². The van der Waals surface area contributed by atoms with Crippen molar-refractivity contribution >= 4 is 28.6 Å². The molecule has 0 atom stereocenters. The summed E-state index contributed by atoms with van der Waals surface area (Å²) in [5, 5.41) is 9.92. The summed E-state index contributed by atoms with van der Waals surface area (Å²) in [4.78, 5) is 11.1. The van der Waals surface area contributed by atoms with Gasteiger partial charge in [-0.1, -0.05) is 6.07 Å². The van der Waals surface area contributed by atoms with Crippen molar-refractivity contribution in [1.82, 2.24) is 4.57 Å². The summed E-state index contributed by atoms with van der Waals surface area (Å²) in [5.41, 5.74) is 2.50. The Morgan fingerprint density at radius 1 is 1.50 bits per heavy atom. The van der Waals surface area contributed by atoms with Gasteiger partial charge in [0, 0.05) is 29.4 Å². The average molecular weight is 235 g/mol. The van der Waals surface area contributed by atoms with E-state index in [0.717, 1.165) is 22.3 Å². The van der Waals surface area contributed by atoms with Crippen LogP contribution in [-0.4, -0.2) is 21.9 Å². The van der Waals surface area contributed by atoms with Gasteiger partial charge < -0.3 is 9.67 Å². The Labute approximate surface area is 98.1 Å². The van der Waals surface area contributed by atoms with E-state index in [0.29, 0.717) is 5.56 Å². The minimum absolute atomic E-state index is 0.375. The lowest BCUT2D eigenvalue weighted by molar-refractivity contribution is 0.0699. The molecule has 0 fully saturated rings. The summed E-state index contributed by atoms with van der Waals surface area (Å²) in [6.45, 7) is 0. The highest BCUT2D eigenvalue weighted by Crippen LogP contribution is 2.24. The molecule has 0 amide bonds. The Balaban J connectivity index is 2.70. The predicted molar refractivity (Wildman–Crippen MR) is 67.1 cm³/mol. The minimum Gasteiger partial charge on any atom is -0.478 e. The van der Waals surface area contributed by atoms with Gasteiger partial charge in [0.15, 0.2) is 0 Å². The number of carboxylic acid groups (broad SMARTS) is 1. The number of carbonyl (C=O) groups is 1. The molecule has 0 aliphatic heterocycles. The maximum Gasteiger partial charge on any atom is 0.336 e. The number of fused-ring (bicyclic) bond motifs is 1. The topological polar surface area (TPSA) is 42.2 Å². The second kappa shape index (κ2) is 4.22. The molecule has 0 bridgehead atoms. The second-order valence-electron chi connectivity index (χ2n) is 3.67. The minimum atomic E-state index is -0.869. The Bertz CT molecular complexity index is 545. The van der Waals surface area contributed by atoms with Crippen LogP contribution in [0.3, 0.4) is 0 Å². The lowest BCUT2D eigenvalue weighted by atomic mass is 10.1. The van der Waals surface area contributed by atoms with E-state index in [2.05, 4.69) is 4.57 Å². The molecule has 2 rings (SSSR count). The van der Waals surface area contributed by atoms with Gasteiger partial charge >= 0.3 is 5.97 Å². The molecule has 4 heteroatoms. The molecule has 3 nitrogen and oxygen atoms in total. The van der Waals surface area contributed by atoms with Crippen molar-refractivity contribution in [2.24, 2.45) is 7.05 Å². The van der Waals surface area contributed by atoms with Crippen molar-refractivity contribution in [1.29, 1.82) is 0 Å². The molecule has 1 aromatic heterocycles. The molecule has 0 aliphatic carbocycles. The zero-order chi connectivity index (χ0) is 11.7.